The summed E-state index contributed by atoms with van der Waals surface area (Å²) in [7, 11) is 0. The lowest BCUT2D eigenvalue weighted by Gasteiger charge is -2.46. The molecule has 1 fully saturated rings. The molecule has 0 aliphatic carbocycles. The number of carbonyl (C=O) groups is 1. The van der Waals surface area contributed by atoms with E-state index in [2.05, 4.69) is 5.32 Å². The Kier molecular flexibility index (Phi) is 5.39. The van der Waals surface area contributed by atoms with Crippen LogP contribution in [0.4, 0.5) is 18.9 Å². The van der Waals surface area contributed by atoms with Crippen molar-refractivity contribution in [3.63, 3.8) is 0 Å². The molecule has 1 heterocycles. The summed E-state index contributed by atoms with van der Waals surface area (Å²) in [4.78, 5) is 23.2. The van der Waals surface area contributed by atoms with E-state index in [4.69, 9.17) is 12.2 Å². The van der Waals surface area contributed by atoms with Crippen LogP contribution in [0.5, 0.6) is 5.75 Å². The molecule has 30 heavy (non-hydrogen) atoms. The number of nitrogens with one attached hydrogen (secondary N) is 2. The number of nitro groups is 1. The van der Waals surface area contributed by atoms with Crippen LogP contribution in [0.15, 0.2) is 48.5 Å². The third-order valence-electron chi connectivity index (χ3n) is 4.69. The molecule has 2 aromatic rings. The molecule has 8 nitrogen and oxygen atoms in total. The lowest BCUT2D eigenvalue weighted by Crippen LogP contribution is -2.72. The molecule has 2 aromatic carbocycles. The molecule has 3 rings (SSSR count). The van der Waals surface area contributed by atoms with Gasteiger partial charge in [0, 0.05) is 11.6 Å². The van der Waals surface area contributed by atoms with Gasteiger partial charge in [0.05, 0.1) is 11.0 Å². The first-order valence-corrected chi connectivity index (χ1v) is 8.79. The maximum absolute atomic E-state index is 13.9. The summed E-state index contributed by atoms with van der Waals surface area (Å²) in [6.07, 6.45) is -5.34. The van der Waals surface area contributed by atoms with Gasteiger partial charge >= 0.3 is 6.18 Å². The maximum atomic E-state index is 13.9. The van der Waals surface area contributed by atoms with Gasteiger partial charge in [0.15, 0.2) is 10.9 Å². The van der Waals surface area contributed by atoms with Crippen molar-refractivity contribution >= 4 is 28.8 Å². The zero-order valence-electron chi connectivity index (χ0n) is 14.8. The van der Waals surface area contributed by atoms with Gasteiger partial charge in [-0.15, -0.1) is 0 Å². The summed E-state index contributed by atoms with van der Waals surface area (Å²) in [5.41, 5.74) is -4.97. The van der Waals surface area contributed by atoms with E-state index in [1.165, 1.54) is 24.3 Å². The van der Waals surface area contributed by atoms with Crippen LogP contribution >= 0.6 is 12.2 Å². The molecule has 0 amide bonds. The highest BCUT2D eigenvalue weighted by Crippen LogP contribution is 2.44. The fourth-order valence-electron chi connectivity index (χ4n) is 3.27. The van der Waals surface area contributed by atoms with Crippen molar-refractivity contribution in [1.82, 2.24) is 10.6 Å². The number of ketones is 1. The van der Waals surface area contributed by atoms with Crippen molar-refractivity contribution in [2.75, 3.05) is 0 Å². The molecule has 3 atom stereocenters. The minimum Gasteiger partial charge on any atom is -0.868 e. The molecule has 0 aromatic heterocycles. The molecular weight excluding hydrogens is 427 g/mol. The summed E-state index contributed by atoms with van der Waals surface area (Å²) < 4.78 is 41.6. The van der Waals surface area contributed by atoms with Crippen LogP contribution in [0.2, 0.25) is 0 Å². The largest absolute Gasteiger partial charge is 0.868 e. The number of rotatable bonds is 4. The molecule has 1 aliphatic rings. The monoisotopic (exact) mass is 440 g/mol. The highest BCUT2D eigenvalue weighted by atomic mass is 32.1. The SMILES string of the molecule is O=C(c1ccccc1)[C@H]1[C@@H](c2ccc([O-])c([N+](=O)[O-])c2)NC(=S)N[C@]1(O)C(F)(F)F. The van der Waals surface area contributed by atoms with E-state index in [9.17, 15) is 38.3 Å². The van der Waals surface area contributed by atoms with E-state index in [0.717, 1.165) is 18.2 Å². The molecule has 0 bridgehead atoms. The summed E-state index contributed by atoms with van der Waals surface area (Å²) in [5, 5.41) is 36.9. The number of Topliss-reactive ketones (excluding diaryl/α,β-unsaturated/α-hetero) is 1. The molecule has 3 N–H and O–H groups in total. The standard InChI is InChI=1S/C18H14F3N3O5S/c19-18(20,21)17(27)13(15(26)9-4-2-1-3-5-9)14(22-16(30)23-17)10-6-7-12(25)11(8-10)24(28)29/h1-8,13-14,25,27H,(H2,22,23,30)/p-1/t13-,14-,17-/m1/s1. The second-order valence-electron chi connectivity index (χ2n) is 6.53. The minimum absolute atomic E-state index is 0.124. The van der Waals surface area contributed by atoms with Gasteiger partial charge in [-0.1, -0.05) is 42.5 Å². The second-order valence-corrected chi connectivity index (χ2v) is 6.94. The molecule has 1 saturated heterocycles. The second kappa shape index (κ2) is 7.54. The lowest BCUT2D eigenvalue weighted by atomic mass is 9.77. The molecule has 158 valence electrons. The number of halogens is 3. The molecule has 0 radical (unpaired) electrons. The van der Waals surface area contributed by atoms with Crippen LogP contribution in [-0.2, 0) is 0 Å². The Morgan fingerprint density at radius 1 is 1.20 bits per heavy atom. The van der Waals surface area contributed by atoms with Gasteiger partial charge in [0.2, 0.25) is 5.72 Å². The van der Waals surface area contributed by atoms with Crippen molar-refractivity contribution < 1.29 is 33.1 Å². The first-order chi connectivity index (χ1) is 14.0. The fourth-order valence-corrected chi connectivity index (χ4v) is 3.55. The quantitative estimate of drug-likeness (QED) is 0.285. The van der Waals surface area contributed by atoms with Crippen molar-refractivity contribution in [2.24, 2.45) is 5.92 Å². The van der Waals surface area contributed by atoms with Crippen molar-refractivity contribution in [2.45, 2.75) is 17.9 Å². The van der Waals surface area contributed by atoms with Gasteiger partial charge in [-0.3, -0.25) is 14.9 Å². The van der Waals surface area contributed by atoms with Crippen LogP contribution in [0.1, 0.15) is 22.0 Å². The van der Waals surface area contributed by atoms with Crippen LogP contribution in [0, 0.1) is 16.0 Å². The number of carbonyl (C=O) groups excluding carboxylic acids is 1. The van der Waals surface area contributed by atoms with E-state index in [-0.39, 0.29) is 11.1 Å². The third-order valence-corrected chi connectivity index (χ3v) is 4.91. The van der Waals surface area contributed by atoms with Gasteiger partial charge < -0.3 is 20.8 Å². The number of hydrogen-bond donors (Lipinski definition) is 3. The van der Waals surface area contributed by atoms with Gasteiger partial charge in [-0.2, -0.15) is 13.2 Å². The molecule has 1 aliphatic heterocycles. The van der Waals surface area contributed by atoms with Crippen LogP contribution < -0.4 is 15.7 Å². The summed E-state index contributed by atoms with van der Waals surface area (Å²) in [6, 6.07) is 7.94. The van der Waals surface area contributed by atoms with Crippen LogP contribution in [-0.4, -0.2) is 32.8 Å². The van der Waals surface area contributed by atoms with Crippen LogP contribution in [0.3, 0.4) is 0 Å². The highest BCUT2D eigenvalue weighted by Gasteiger charge is 2.65. The number of benzene rings is 2. The molecule has 0 unspecified atom stereocenters. The molecule has 0 spiro atoms. The van der Waals surface area contributed by atoms with E-state index in [1.54, 1.807) is 11.4 Å². The topological polar surface area (TPSA) is 128 Å². The average Bonchev–Trinajstić information content (AvgIpc) is 2.67. The molecule has 12 heteroatoms. The summed E-state index contributed by atoms with van der Waals surface area (Å²) >= 11 is 4.78. The Bertz CT molecular complexity index is 1020. The lowest BCUT2D eigenvalue weighted by molar-refractivity contribution is -0.398. The van der Waals surface area contributed by atoms with E-state index < -0.39 is 51.1 Å². The average molecular weight is 440 g/mol. The normalized spacial score (nSPS) is 23.9. The van der Waals surface area contributed by atoms with Gasteiger partial charge in [0.25, 0.3) is 5.69 Å². The van der Waals surface area contributed by atoms with Gasteiger partial charge in [-0.25, -0.2) is 0 Å². The Morgan fingerprint density at radius 3 is 2.40 bits per heavy atom. The molecular formula is C18H13F3N3O5S-. The van der Waals surface area contributed by atoms with E-state index in [0.29, 0.717) is 0 Å². The number of aliphatic hydroxyl groups is 1. The van der Waals surface area contributed by atoms with Crippen molar-refractivity contribution in [3.05, 3.63) is 69.8 Å². The Labute approximate surface area is 172 Å². The number of thiocarbonyl (C=S) groups is 1. The number of nitrogens with zero attached hydrogens (tertiary/aromatic N) is 1. The van der Waals surface area contributed by atoms with Crippen molar-refractivity contribution in [1.29, 1.82) is 0 Å². The smallest absolute Gasteiger partial charge is 0.437 e. The van der Waals surface area contributed by atoms with Crippen molar-refractivity contribution in [3.8, 4) is 5.75 Å². The minimum atomic E-state index is -5.34. The Morgan fingerprint density at radius 2 is 1.83 bits per heavy atom. The predicted molar refractivity (Wildman–Crippen MR) is 99.4 cm³/mol. The van der Waals surface area contributed by atoms with Gasteiger partial charge in [-0.05, 0) is 23.5 Å². The van der Waals surface area contributed by atoms with E-state index >= 15 is 0 Å². The zero-order valence-corrected chi connectivity index (χ0v) is 15.7. The third kappa shape index (κ3) is 3.66. The highest BCUT2D eigenvalue weighted by molar-refractivity contribution is 7.80. The van der Waals surface area contributed by atoms with Gasteiger partial charge in [0.1, 0.15) is 5.92 Å². The summed E-state index contributed by atoms with van der Waals surface area (Å²) in [6.45, 7) is 0. The summed E-state index contributed by atoms with van der Waals surface area (Å²) in [5.74, 6) is -4.27. The first kappa shape index (κ1) is 21.5. The van der Waals surface area contributed by atoms with Crippen LogP contribution in [0.25, 0.3) is 0 Å². The molecule has 0 saturated carbocycles. The number of alkyl halides is 3. The Hall–Kier alpha value is -3.25. The Balaban J connectivity index is 2.20. The predicted octanol–water partition coefficient (Wildman–Crippen LogP) is 1.94. The maximum Gasteiger partial charge on any atom is 0.437 e. The zero-order chi connectivity index (χ0) is 22.3. The van der Waals surface area contributed by atoms with E-state index in [1.807, 2.05) is 0 Å². The first-order valence-electron chi connectivity index (χ1n) is 8.38. The fraction of sp³-hybridized carbons (Fsp3) is 0.222. The number of hydrogen-bond acceptors (Lipinski definition) is 6. The number of nitro benzene ring substituents is 1.